The summed E-state index contributed by atoms with van der Waals surface area (Å²) >= 11 is 0. The molecule has 1 aliphatic carbocycles. The molecule has 2 fully saturated rings. The van der Waals surface area contributed by atoms with Crippen LogP contribution in [-0.4, -0.2) is 60.2 Å². The number of nitrogens with zero attached hydrogens (tertiary/aromatic N) is 1. The van der Waals surface area contributed by atoms with Gasteiger partial charge in [0.25, 0.3) is 0 Å². The number of rotatable bonds is 3. The third-order valence-electron chi connectivity index (χ3n) is 5.57. The fourth-order valence-corrected chi connectivity index (χ4v) is 4.45. The summed E-state index contributed by atoms with van der Waals surface area (Å²) in [6.45, 7) is 0.864. The van der Waals surface area contributed by atoms with E-state index >= 15 is 0 Å². The molecule has 1 aliphatic heterocycles. The average molecular weight is 309 g/mol. The number of benzene rings is 1. The van der Waals surface area contributed by atoms with Gasteiger partial charge in [0.05, 0.1) is 29.9 Å². The second kappa shape index (κ2) is 5.59. The number of ether oxygens (including phenoxy) is 2. The second-order valence-electron chi connectivity index (χ2n) is 6.72. The molecule has 0 aromatic heterocycles. The second-order valence-corrected chi connectivity index (χ2v) is 6.72. The number of hydrogen-bond donors (Lipinski definition) is 0. The Morgan fingerprint density at radius 1 is 1.17 bits per heavy atom. The van der Waals surface area contributed by atoms with Crippen molar-refractivity contribution in [3.05, 3.63) is 23.8 Å². The molecule has 0 amide bonds. The number of methoxy groups -OCH3 is 2. The lowest BCUT2D eigenvalue weighted by Gasteiger charge is -2.51. The molecule has 23 heavy (non-hydrogen) atoms. The van der Waals surface area contributed by atoms with Gasteiger partial charge in [-0.3, -0.25) is 0 Å². The molecule has 1 saturated heterocycles. The Balaban J connectivity index is 2.11. The van der Waals surface area contributed by atoms with Crippen molar-refractivity contribution in [2.75, 3.05) is 27.8 Å². The first-order chi connectivity index (χ1) is 10.9. The van der Waals surface area contributed by atoms with Crippen molar-refractivity contribution < 1.29 is 14.3 Å². The molecular formula is C17H21B2NO3. The Bertz CT molecular complexity index is 634. The van der Waals surface area contributed by atoms with Crippen LogP contribution in [0.3, 0.4) is 0 Å². The molecule has 1 saturated carbocycles. The molecule has 4 nitrogen and oxygen atoms in total. The first-order valence-corrected chi connectivity index (χ1v) is 7.90. The lowest BCUT2D eigenvalue weighted by molar-refractivity contribution is -0.124. The quantitative estimate of drug-likeness (QED) is 0.793. The highest BCUT2D eigenvalue weighted by Gasteiger charge is 2.57. The summed E-state index contributed by atoms with van der Waals surface area (Å²) in [7, 11) is 17.8. The molecule has 118 valence electrons. The van der Waals surface area contributed by atoms with Crippen molar-refractivity contribution in [2.24, 2.45) is 0 Å². The number of likely N-dealkylation sites (tertiary alicyclic amines) is 1. The topological polar surface area (TPSA) is 38.8 Å². The Morgan fingerprint density at radius 3 is 2.52 bits per heavy atom. The number of Topliss-reactive ketones (excluding diaryl/α,β-unsaturated/α-hetero) is 1. The predicted molar refractivity (Wildman–Crippen MR) is 90.7 cm³/mol. The highest BCUT2D eigenvalue weighted by atomic mass is 16.5. The van der Waals surface area contributed by atoms with Crippen molar-refractivity contribution in [2.45, 2.75) is 35.9 Å². The van der Waals surface area contributed by atoms with E-state index in [-0.39, 0.29) is 17.2 Å². The molecule has 2 atom stereocenters. The van der Waals surface area contributed by atoms with Gasteiger partial charge in [-0.1, -0.05) is 6.07 Å². The lowest BCUT2D eigenvalue weighted by Crippen LogP contribution is -2.56. The first-order valence-electron chi connectivity index (χ1n) is 7.90. The maximum atomic E-state index is 12.3. The van der Waals surface area contributed by atoms with E-state index in [9.17, 15) is 4.79 Å². The molecule has 1 aromatic rings. The Hall–Kier alpha value is -1.42. The summed E-state index contributed by atoms with van der Waals surface area (Å²) in [5, 5.41) is -1.32. The predicted octanol–water partition coefficient (Wildman–Crippen LogP) is 1.46. The van der Waals surface area contributed by atoms with Crippen LogP contribution in [0.25, 0.3) is 0 Å². The van der Waals surface area contributed by atoms with Gasteiger partial charge >= 0.3 is 0 Å². The molecule has 0 N–H and O–H groups in total. The van der Waals surface area contributed by atoms with Gasteiger partial charge in [-0.15, -0.1) is 0 Å². The normalized spacial score (nSPS) is 30.0. The maximum Gasteiger partial charge on any atom is 0.161 e. The molecule has 6 heteroatoms. The standard InChI is InChI=1S/C17H21B2NO3/c1-20-9-8-16(7-6-14(21)17(18,19)15(16)20)11-4-5-12(22-2)13(10-11)23-3/h4-5,10,15H,6-9H2,1-3H3/t15?,16-/m0/s1. The van der Waals surface area contributed by atoms with Crippen LogP contribution >= 0.6 is 0 Å². The van der Waals surface area contributed by atoms with Gasteiger partial charge in [0, 0.05) is 17.9 Å². The third-order valence-corrected chi connectivity index (χ3v) is 5.57. The fourth-order valence-electron chi connectivity index (χ4n) is 4.45. The minimum absolute atomic E-state index is 0.0626. The zero-order valence-corrected chi connectivity index (χ0v) is 14.0. The molecule has 2 aliphatic rings. The maximum absolute atomic E-state index is 12.3. The van der Waals surface area contributed by atoms with Gasteiger partial charge in [-0.25, -0.2) is 0 Å². The summed E-state index contributed by atoms with van der Waals surface area (Å²) in [6.07, 6.45) is 2.09. The molecule has 1 unspecified atom stereocenters. The van der Waals surface area contributed by atoms with Crippen molar-refractivity contribution in [3.63, 3.8) is 0 Å². The zero-order chi connectivity index (χ0) is 16.8. The third kappa shape index (κ3) is 2.30. The van der Waals surface area contributed by atoms with Gasteiger partial charge < -0.3 is 19.2 Å². The molecule has 1 heterocycles. The molecule has 0 bridgehead atoms. The minimum atomic E-state index is -1.32. The summed E-state index contributed by atoms with van der Waals surface area (Å²) in [6, 6.07) is 5.73. The van der Waals surface area contributed by atoms with Crippen LogP contribution in [0.1, 0.15) is 24.8 Å². The van der Waals surface area contributed by atoms with Crippen molar-refractivity contribution in [3.8, 4) is 11.5 Å². The summed E-state index contributed by atoms with van der Waals surface area (Å²) in [5.74, 6) is 1.31. The van der Waals surface area contributed by atoms with Crippen LogP contribution in [0, 0.1) is 0 Å². The summed E-state index contributed by atoms with van der Waals surface area (Å²) < 4.78 is 10.8. The number of ketones is 1. The lowest BCUT2D eigenvalue weighted by atomic mass is 9.40. The highest BCUT2D eigenvalue weighted by molar-refractivity contribution is 6.52. The summed E-state index contributed by atoms with van der Waals surface area (Å²) in [5.41, 5.74) is 0.878. The number of likely N-dealkylation sites (N-methyl/N-ethyl adjacent to an activating group) is 1. The molecule has 0 spiro atoms. The first kappa shape index (κ1) is 16.4. The number of hydrogen-bond acceptors (Lipinski definition) is 4. The number of fused-ring (bicyclic) bond motifs is 1. The van der Waals surface area contributed by atoms with Crippen molar-refractivity contribution >= 4 is 21.5 Å². The van der Waals surface area contributed by atoms with E-state index in [1.54, 1.807) is 14.2 Å². The molecule has 3 rings (SSSR count). The van der Waals surface area contributed by atoms with E-state index < -0.39 is 5.21 Å². The van der Waals surface area contributed by atoms with Gasteiger partial charge in [0.1, 0.15) is 5.78 Å². The van der Waals surface area contributed by atoms with Crippen LogP contribution in [0.15, 0.2) is 18.2 Å². The Morgan fingerprint density at radius 2 is 1.87 bits per heavy atom. The fraction of sp³-hybridized carbons (Fsp3) is 0.588. The molecular weight excluding hydrogens is 288 g/mol. The van der Waals surface area contributed by atoms with Gasteiger partial charge in [0.15, 0.2) is 11.5 Å². The largest absolute Gasteiger partial charge is 0.493 e. The zero-order valence-electron chi connectivity index (χ0n) is 14.0. The van der Waals surface area contributed by atoms with E-state index in [1.165, 1.54) is 0 Å². The number of carbonyl (C=O) groups is 1. The molecule has 4 radical (unpaired) electrons. The van der Waals surface area contributed by atoms with Crippen molar-refractivity contribution in [1.82, 2.24) is 4.90 Å². The van der Waals surface area contributed by atoms with E-state index in [4.69, 9.17) is 25.2 Å². The van der Waals surface area contributed by atoms with Crippen LogP contribution < -0.4 is 9.47 Å². The smallest absolute Gasteiger partial charge is 0.161 e. The van der Waals surface area contributed by atoms with E-state index in [0.29, 0.717) is 17.9 Å². The van der Waals surface area contributed by atoms with E-state index in [0.717, 1.165) is 24.9 Å². The van der Waals surface area contributed by atoms with Crippen LogP contribution in [-0.2, 0) is 10.2 Å². The van der Waals surface area contributed by atoms with Crippen LogP contribution in [0.4, 0.5) is 0 Å². The monoisotopic (exact) mass is 309 g/mol. The van der Waals surface area contributed by atoms with Gasteiger partial charge in [0.2, 0.25) is 0 Å². The van der Waals surface area contributed by atoms with E-state index in [2.05, 4.69) is 4.90 Å². The Kier molecular flexibility index (Phi) is 3.99. The van der Waals surface area contributed by atoms with Crippen LogP contribution in [0.2, 0.25) is 5.21 Å². The highest BCUT2D eigenvalue weighted by Crippen LogP contribution is 2.55. The SMILES string of the molecule is [B]C1([B])C(=O)CC[C@@]2(c3ccc(OC)c(OC)c3)CCN(C)C12. The molecule has 1 aromatic carbocycles. The van der Waals surface area contributed by atoms with Crippen LogP contribution in [0.5, 0.6) is 11.5 Å². The van der Waals surface area contributed by atoms with E-state index in [1.807, 2.05) is 25.2 Å². The van der Waals surface area contributed by atoms with Crippen molar-refractivity contribution in [1.29, 1.82) is 0 Å². The van der Waals surface area contributed by atoms with Gasteiger partial charge in [-0.2, -0.15) is 0 Å². The Labute approximate surface area is 140 Å². The summed E-state index contributed by atoms with van der Waals surface area (Å²) in [4.78, 5) is 14.4. The number of carbonyl (C=O) groups excluding carboxylic acids is 1. The minimum Gasteiger partial charge on any atom is -0.493 e. The van der Waals surface area contributed by atoms with Gasteiger partial charge in [-0.05, 0) is 49.3 Å². The average Bonchev–Trinajstić information content (AvgIpc) is 2.90.